The van der Waals surface area contributed by atoms with Crippen molar-refractivity contribution in [3.05, 3.63) is 75.8 Å². The second-order valence-electron chi connectivity index (χ2n) is 6.00. The Bertz CT molecular complexity index is 1010. The second-order valence-corrected chi connectivity index (χ2v) is 6.00. The molecule has 0 saturated carbocycles. The molecule has 1 aromatic heterocycles. The molecular weight excluding hydrogens is 359 g/mol. The van der Waals surface area contributed by atoms with Crippen molar-refractivity contribution in [2.75, 3.05) is 0 Å². The minimum Gasteiger partial charge on any atom is -0.352 e. The van der Waals surface area contributed by atoms with Gasteiger partial charge in [-0.05, 0) is 29.8 Å². The molecule has 1 amide bonds. The van der Waals surface area contributed by atoms with Crippen LogP contribution in [0.3, 0.4) is 0 Å². The zero-order valence-electron chi connectivity index (χ0n) is 14.1. The number of rotatable bonds is 5. The summed E-state index contributed by atoms with van der Waals surface area (Å²) >= 11 is 0. The minimum absolute atomic E-state index is 0.0991. The van der Waals surface area contributed by atoms with Crippen LogP contribution in [0, 0.1) is 0 Å². The third-order valence-electron chi connectivity index (χ3n) is 4.02. The molecular formula is C19H16F3N3O2. The van der Waals surface area contributed by atoms with Gasteiger partial charge in [-0.1, -0.05) is 24.3 Å². The highest BCUT2D eigenvalue weighted by Gasteiger charge is 2.29. The predicted octanol–water partition coefficient (Wildman–Crippen LogP) is 3.19. The van der Waals surface area contributed by atoms with Crippen molar-refractivity contribution < 1.29 is 18.0 Å². The van der Waals surface area contributed by atoms with Gasteiger partial charge in [-0.2, -0.15) is 13.2 Å². The lowest BCUT2D eigenvalue weighted by molar-refractivity contribution is -0.137. The average Bonchev–Trinajstić information content (AvgIpc) is 2.64. The molecule has 0 aliphatic carbocycles. The summed E-state index contributed by atoms with van der Waals surface area (Å²) in [4.78, 5) is 30.9. The Morgan fingerprint density at radius 2 is 1.78 bits per heavy atom. The molecule has 3 rings (SSSR count). The fourth-order valence-corrected chi connectivity index (χ4v) is 2.59. The van der Waals surface area contributed by atoms with Crippen LogP contribution in [-0.4, -0.2) is 15.9 Å². The van der Waals surface area contributed by atoms with E-state index in [1.54, 1.807) is 24.3 Å². The molecule has 0 bridgehead atoms. The van der Waals surface area contributed by atoms with Crippen molar-refractivity contribution in [1.82, 2.24) is 15.3 Å². The average molecular weight is 375 g/mol. The molecule has 1 heterocycles. The smallest absolute Gasteiger partial charge is 0.352 e. The molecule has 5 nitrogen and oxygen atoms in total. The van der Waals surface area contributed by atoms with Gasteiger partial charge in [0.25, 0.3) is 5.56 Å². The van der Waals surface area contributed by atoms with Gasteiger partial charge < -0.3 is 10.3 Å². The van der Waals surface area contributed by atoms with E-state index in [2.05, 4.69) is 15.3 Å². The highest BCUT2D eigenvalue weighted by atomic mass is 19.4. The number of hydrogen-bond donors (Lipinski definition) is 2. The van der Waals surface area contributed by atoms with Crippen LogP contribution in [0.1, 0.15) is 23.4 Å². The SMILES string of the molecule is O=C(CCc1nc2ccccc2c(=O)[nH]1)NCc1ccc(C(F)(F)F)cc1. The predicted molar refractivity (Wildman–Crippen MR) is 94.0 cm³/mol. The first-order valence-electron chi connectivity index (χ1n) is 8.24. The molecule has 0 radical (unpaired) electrons. The molecule has 0 fully saturated rings. The number of carbonyl (C=O) groups excluding carboxylic acids is 1. The van der Waals surface area contributed by atoms with Crippen LogP contribution < -0.4 is 10.9 Å². The van der Waals surface area contributed by atoms with Gasteiger partial charge in [0.2, 0.25) is 5.91 Å². The Labute approximate surface area is 152 Å². The monoisotopic (exact) mass is 375 g/mol. The van der Waals surface area contributed by atoms with Gasteiger partial charge >= 0.3 is 6.18 Å². The van der Waals surface area contributed by atoms with Gasteiger partial charge in [0, 0.05) is 19.4 Å². The Kier molecular flexibility index (Phi) is 5.25. The molecule has 27 heavy (non-hydrogen) atoms. The fourth-order valence-electron chi connectivity index (χ4n) is 2.59. The lowest BCUT2D eigenvalue weighted by atomic mass is 10.1. The maximum Gasteiger partial charge on any atom is 0.416 e. The van der Waals surface area contributed by atoms with Crippen LogP contribution in [0.25, 0.3) is 10.9 Å². The number of fused-ring (bicyclic) bond motifs is 1. The first kappa shape index (κ1) is 18.6. The van der Waals surface area contributed by atoms with E-state index in [9.17, 15) is 22.8 Å². The molecule has 0 saturated heterocycles. The van der Waals surface area contributed by atoms with Gasteiger partial charge in [-0.3, -0.25) is 9.59 Å². The van der Waals surface area contributed by atoms with E-state index in [0.717, 1.165) is 12.1 Å². The molecule has 3 aromatic rings. The third kappa shape index (κ3) is 4.72. The third-order valence-corrected chi connectivity index (χ3v) is 4.02. The summed E-state index contributed by atoms with van der Waals surface area (Å²) < 4.78 is 37.6. The summed E-state index contributed by atoms with van der Waals surface area (Å²) in [6.45, 7) is 0.124. The Morgan fingerprint density at radius 1 is 1.07 bits per heavy atom. The molecule has 0 unspecified atom stereocenters. The number of nitrogens with zero attached hydrogens (tertiary/aromatic N) is 1. The van der Waals surface area contributed by atoms with Crippen LogP contribution in [0.5, 0.6) is 0 Å². The number of H-pyrrole nitrogens is 1. The normalized spacial score (nSPS) is 11.5. The summed E-state index contributed by atoms with van der Waals surface area (Å²) in [5, 5.41) is 3.12. The van der Waals surface area contributed by atoms with E-state index in [0.29, 0.717) is 22.3 Å². The molecule has 140 valence electrons. The molecule has 0 spiro atoms. The van der Waals surface area contributed by atoms with Crippen molar-refractivity contribution in [3.8, 4) is 0 Å². The standard InChI is InChI=1S/C19H16F3N3O2/c20-19(21,22)13-7-5-12(6-8-13)11-23-17(26)10-9-16-24-15-4-2-1-3-14(15)18(27)25-16/h1-8H,9-11H2,(H,23,26)(H,24,25,27). The maximum absolute atomic E-state index is 12.5. The van der Waals surface area contributed by atoms with Crippen LogP contribution in [0.15, 0.2) is 53.3 Å². The lowest BCUT2D eigenvalue weighted by Gasteiger charge is -2.09. The summed E-state index contributed by atoms with van der Waals surface area (Å²) in [5.74, 6) is 0.120. The first-order chi connectivity index (χ1) is 12.8. The Morgan fingerprint density at radius 3 is 2.48 bits per heavy atom. The van der Waals surface area contributed by atoms with Gasteiger partial charge in [-0.15, -0.1) is 0 Å². The number of halogens is 3. The lowest BCUT2D eigenvalue weighted by Crippen LogP contribution is -2.24. The number of alkyl halides is 3. The topological polar surface area (TPSA) is 74.8 Å². The van der Waals surface area contributed by atoms with Crippen molar-refractivity contribution in [2.24, 2.45) is 0 Å². The number of aryl methyl sites for hydroxylation is 1. The van der Waals surface area contributed by atoms with Crippen LogP contribution >= 0.6 is 0 Å². The van der Waals surface area contributed by atoms with Crippen molar-refractivity contribution in [2.45, 2.75) is 25.6 Å². The van der Waals surface area contributed by atoms with Crippen LogP contribution in [0.4, 0.5) is 13.2 Å². The van der Waals surface area contributed by atoms with Crippen molar-refractivity contribution in [1.29, 1.82) is 0 Å². The zero-order valence-corrected chi connectivity index (χ0v) is 14.1. The van der Waals surface area contributed by atoms with Gasteiger partial charge in [0.1, 0.15) is 5.82 Å². The molecule has 0 atom stereocenters. The molecule has 2 aromatic carbocycles. The maximum atomic E-state index is 12.5. The van der Waals surface area contributed by atoms with E-state index < -0.39 is 11.7 Å². The largest absolute Gasteiger partial charge is 0.416 e. The number of aromatic amines is 1. The number of para-hydroxylation sites is 1. The molecule has 2 N–H and O–H groups in total. The summed E-state index contributed by atoms with van der Waals surface area (Å²) in [7, 11) is 0. The Balaban J connectivity index is 1.55. The highest BCUT2D eigenvalue weighted by molar-refractivity contribution is 5.78. The summed E-state index contributed by atoms with van der Waals surface area (Å²) in [6.07, 6.45) is -4.04. The van der Waals surface area contributed by atoms with Gasteiger partial charge in [0.05, 0.1) is 16.5 Å². The van der Waals surface area contributed by atoms with Crippen LogP contribution in [-0.2, 0) is 23.9 Å². The van der Waals surface area contributed by atoms with E-state index in [4.69, 9.17) is 0 Å². The van der Waals surface area contributed by atoms with Crippen molar-refractivity contribution in [3.63, 3.8) is 0 Å². The molecule has 8 heteroatoms. The number of benzene rings is 2. The quantitative estimate of drug-likeness (QED) is 0.719. The van der Waals surface area contributed by atoms with E-state index in [1.807, 2.05) is 0 Å². The summed E-state index contributed by atoms with van der Waals surface area (Å²) in [6, 6.07) is 11.5. The molecule has 0 aliphatic heterocycles. The van der Waals surface area contributed by atoms with E-state index >= 15 is 0 Å². The minimum atomic E-state index is -4.38. The number of carbonyl (C=O) groups is 1. The number of amides is 1. The van der Waals surface area contributed by atoms with Gasteiger partial charge in [-0.25, -0.2) is 4.98 Å². The molecule has 0 aliphatic rings. The summed E-state index contributed by atoms with van der Waals surface area (Å²) in [5.41, 5.74) is 0.125. The highest BCUT2D eigenvalue weighted by Crippen LogP contribution is 2.29. The Hall–Kier alpha value is -3.16. The zero-order chi connectivity index (χ0) is 19.4. The first-order valence-corrected chi connectivity index (χ1v) is 8.24. The fraction of sp³-hybridized carbons (Fsp3) is 0.211. The number of hydrogen-bond acceptors (Lipinski definition) is 3. The van der Waals surface area contributed by atoms with Crippen LogP contribution in [0.2, 0.25) is 0 Å². The number of nitrogens with one attached hydrogen (secondary N) is 2. The second kappa shape index (κ2) is 7.61. The van der Waals surface area contributed by atoms with E-state index in [1.165, 1.54) is 12.1 Å². The van der Waals surface area contributed by atoms with Gasteiger partial charge in [0.15, 0.2) is 0 Å². The van der Waals surface area contributed by atoms with E-state index in [-0.39, 0.29) is 30.9 Å². The van der Waals surface area contributed by atoms with Crippen molar-refractivity contribution >= 4 is 16.8 Å². The number of aromatic nitrogens is 2.